The number of hydrogen-bond donors (Lipinski definition) is 0. The first-order valence-corrected chi connectivity index (χ1v) is 4.13. The van der Waals surface area contributed by atoms with Gasteiger partial charge in [-0.1, -0.05) is 18.2 Å². The highest BCUT2D eigenvalue weighted by atomic mass is 19.3. The second-order valence-corrected chi connectivity index (χ2v) is 3.10. The Morgan fingerprint density at radius 1 is 1.23 bits per heavy atom. The van der Waals surface area contributed by atoms with Gasteiger partial charge in [0.1, 0.15) is 0 Å². The smallest absolute Gasteiger partial charge is 0.264 e. The van der Waals surface area contributed by atoms with E-state index in [1.807, 2.05) is 0 Å². The molecule has 2 rings (SSSR count). The minimum atomic E-state index is -2.47. The van der Waals surface area contributed by atoms with Gasteiger partial charge >= 0.3 is 0 Å². The normalized spacial score (nSPS) is 15.2. The minimum absolute atomic E-state index is 0.0162. The van der Waals surface area contributed by atoms with Crippen LogP contribution in [0.1, 0.15) is 34.3 Å². The number of fused-ring (bicyclic) bond motifs is 1. The highest BCUT2D eigenvalue weighted by Gasteiger charge is 2.24. The third-order valence-corrected chi connectivity index (χ3v) is 2.35. The first-order valence-electron chi connectivity index (χ1n) is 4.13. The van der Waals surface area contributed by atoms with Gasteiger partial charge in [-0.2, -0.15) is 0 Å². The zero-order valence-corrected chi connectivity index (χ0v) is 6.89. The van der Waals surface area contributed by atoms with Crippen LogP contribution in [0.5, 0.6) is 0 Å². The van der Waals surface area contributed by atoms with Crippen LogP contribution in [-0.2, 0) is 6.42 Å². The van der Waals surface area contributed by atoms with Gasteiger partial charge in [0.05, 0.1) is 0 Å². The van der Waals surface area contributed by atoms with Crippen molar-refractivity contribution in [1.29, 1.82) is 0 Å². The number of halogens is 2. The fraction of sp³-hybridized carbons (Fsp3) is 0.300. The van der Waals surface area contributed by atoms with Gasteiger partial charge in [-0.05, 0) is 12.0 Å². The summed E-state index contributed by atoms with van der Waals surface area (Å²) in [6.45, 7) is 0. The Labute approximate surface area is 74.4 Å². The van der Waals surface area contributed by atoms with Crippen LogP contribution < -0.4 is 0 Å². The maximum absolute atomic E-state index is 12.4. The maximum Gasteiger partial charge on any atom is 0.264 e. The fourth-order valence-electron chi connectivity index (χ4n) is 1.72. The van der Waals surface area contributed by atoms with Gasteiger partial charge in [0, 0.05) is 17.5 Å². The average molecular weight is 182 g/mol. The van der Waals surface area contributed by atoms with Crippen molar-refractivity contribution in [3.63, 3.8) is 0 Å². The standard InChI is InChI=1S/C10H8F2O/c11-10(12)8-3-1-2-7-6(8)4-5-9(7)13/h1-3,10H,4-5H2. The molecule has 0 heterocycles. The summed E-state index contributed by atoms with van der Waals surface area (Å²) < 4.78 is 24.9. The number of carbonyl (C=O) groups excluding carboxylic acids is 1. The van der Waals surface area contributed by atoms with Gasteiger partial charge < -0.3 is 0 Å². The maximum atomic E-state index is 12.4. The molecule has 0 amide bonds. The number of Topliss-reactive ketones (excluding diaryl/α,β-unsaturated/α-hetero) is 1. The Bertz CT molecular complexity index is 358. The molecule has 0 bridgehead atoms. The molecule has 1 aliphatic carbocycles. The Balaban J connectivity index is 2.57. The van der Waals surface area contributed by atoms with E-state index < -0.39 is 6.43 Å². The third-order valence-electron chi connectivity index (χ3n) is 2.35. The molecule has 1 aromatic rings. The summed E-state index contributed by atoms with van der Waals surface area (Å²) in [7, 11) is 0. The van der Waals surface area contributed by atoms with Crippen LogP contribution in [0.15, 0.2) is 18.2 Å². The molecule has 1 aliphatic rings. The lowest BCUT2D eigenvalue weighted by Crippen LogP contribution is -1.95. The number of hydrogen-bond acceptors (Lipinski definition) is 1. The van der Waals surface area contributed by atoms with Crippen molar-refractivity contribution in [2.75, 3.05) is 0 Å². The van der Waals surface area contributed by atoms with Crippen LogP contribution >= 0.6 is 0 Å². The highest BCUT2D eigenvalue weighted by Crippen LogP contribution is 2.31. The van der Waals surface area contributed by atoms with Gasteiger partial charge in [-0.15, -0.1) is 0 Å². The van der Waals surface area contributed by atoms with E-state index in [9.17, 15) is 13.6 Å². The predicted molar refractivity (Wildman–Crippen MR) is 44.1 cm³/mol. The SMILES string of the molecule is O=C1CCc2c1cccc2C(F)F. The minimum Gasteiger partial charge on any atom is -0.294 e. The summed E-state index contributed by atoms with van der Waals surface area (Å²) in [5, 5.41) is 0. The quantitative estimate of drug-likeness (QED) is 0.652. The molecule has 0 spiro atoms. The molecule has 0 unspecified atom stereocenters. The summed E-state index contributed by atoms with van der Waals surface area (Å²) in [6.07, 6.45) is -1.63. The molecule has 0 aromatic heterocycles. The van der Waals surface area contributed by atoms with Crippen LogP contribution in [0.25, 0.3) is 0 Å². The van der Waals surface area contributed by atoms with Crippen molar-refractivity contribution in [1.82, 2.24) is 0 Å². The molecule has 0 saturated heterocycles. The molecule has 13 heavy (non-hydrogen) atoms. The molecule has 0 atom stereocenters. The van der Waals surface area contributed by atoms with Gasteiger partial charge in [0.15, 0.2) is 5.78 Å². The molecule has 3 heteroatoms. The second-order valence-electron chi connectivity index (χ2n) is 3.10. The van der Waals surface area contributed by atoms with E-state index in [-0.39, 0.29) is 11.3 Å². The van der Waals surface area contributed by atoms with Gasteiger partial charge in [-0.25, -0.2) is 8.78 Å². The molecular formula is C10H8F2O. The van der Waals surface area contributed by atoms with Crippen molar-refractivity contribution in [2.24, 2.45) is 0 Å². The summed E-state index contributed by atoms with van der Waals surface area (Å²) in [5.41, 5.74) is 1.05. The van der Waals surface area contributed by atoms with E-state index in [2.05, 4.69) is 0 Å². The van der Waals surface area contributed by atoms with Crippen molar-refractivity contribution in [3.8, 4) is 0 Å². The Hall–Kier alpha value is -1.25. The topological polar surface area (TPSA) is 17.1 Å². The van der Waals surface area contributed by atoms with Crippen LogP contribution in [0, 0.1) is 0 Å². The lowest BCUT2D eigenvalue weighted by Gasteiger charge is -2.05. The zero-order chi connectivity index (χ0) is 9.42. The summed E-state index contributed by atoms with van der Waals surface area (Å²) in [5.74, 6) is -0.0162. The van der Waals surface area contributed by atoms with Crippen molar-refractivity contribution < 1.29 is 13.6 Å². The van der Waals surface area contributed by atoms with E-state index in [0.29, 0.717) is 24.0 Å². The molecule has 0 fully saturated rings. The Morgan fingerprint density at radius 2 is 2.00 bits per heavy atom. The molecule has 68 valence electrons. The van der Waals surface area contributed by atoms with Crippen LogP contribution in [-0.4, -0.2) is 5.78 Å². The molecule has 0 N–H and O–H groups in total. The van der Waals surface area contributed by atoms with E-state index >= 15 is 0 Å². The largest absolute Gasteiger partial charge is 0.294 e. The third kappa shape index (κ3) is 1.24. The number of carbonyl (C=O) groups is 1. The van der Waals surface area contributed by atoms with Crippen molar-refractivity contribution in [2.45, 2.75) is 19.3 Å². The highest BCUT2D eigenvalue weighted by molar-refractivity contribution is 6.00. The molecule has 0 saturated carbocycles. The second kappa shape index (κ2) is 2.91. The number of alkyl halides is 2. The van der Waals surface area contributed by atoms with Crippen LogP contribution in [0.3, 0.4) is 0 Å². The molecule has 0 aliphatic heterocycles. The fourth-order valence-corrected chi connectivity index (χ4v) is 1.72. The lowest BCUT2D eigenvalue weighted by molar-refractivity contribution is 0.0994. The Morgan fingerprint density at radius 3 is 2.69 bits per heavy atom. The molecule has 1 nitrogen and oxygen atoms in total. The van der Waals surface area contributed by atoms with Crippen LogP contribution in [0.2, 0.25) is 0 Å². The number of ketones is 1. The van der Waals surface area contributed by atoms with Crippen LogP contribution in [0.4, 0.5) is 8.78 Å². The van der Waals surface area contributed by atoms with Crippen molar-refractivity contribution >= 4 is 5.78 Å². The summed E-state index contributed by atoms with van der Waals surface area (Å²) >= 11 is 0. The summed E-state index contributed by atoms with van der Waals surface area (Å²) in [6, 6.07) is 4.53. The number of rotatable bonds is 1. The molecular weight excluding hydrogens is 174 g/mol. The van der Waals surface area contributed by atoms with Gasteiger partial charge in [0.2, 0.25) is 0 Å². The predicted octanol–water partition coefficient (Wildman–Crippen LogP) is 2.75. The average Bonchev–Trinajstić information content (AvgIpc) is 2.48. The van der Waals surface area contributed by atoms with Crippen molar-refractivity contribution in [3.05, 3.63) is 34.9 Å². The first-order chi connectivity index (χ1) is 6.20. The monoisotopic (exact) mass is 182 g/mol. The lowest BCUT2D eigenvalue weighted by atomic mass is 10.0. The molecule has 0 radical (unpaired) electrons. The van der Waals surface area contributed by atoms with E-state index in [0.717, 1.165) is 0 Å². The number of benzene rings is 1. The van der Waals surface area contributed by atoms with Gasteiger partial charge in [-0.3, -0.25) is 4.79 Å². The van der Waals surface area contributed by atoms with Gasteiger partial charge in [0.25, 0.3) is 6.43 Å². The van der Waals surface area contributed by atoms with E-state index in [4.69, 9.17) is 0 Å². The summed E-state index contributed by atoms with van der Waals surface area (Å²) in [4.78, 5) is 11.2. The Kier molecular flexibility index (Phi) is 1.87. The molecule has 1 aromatic carbocycles. The first kappa shape index (κ1) is 8.35. The zero-order valence-electron chi connectivity index (χ0n) is 6.89. The van der Waals surface area contributed by atoms with E-state index in [1.54, 1.807) is 6.07 Å². The van der Waals surface area contributed by atoms with E-state index in [1.165, 1.54) is 12.1 Å².